The molecule has 0 aliphatic carbocycles. The van der Waals surface area contributed by atoms with Crippen molar-refractivity contribution in [3.05, 3.63) is 59.7 Å². The van der Waals surface area contributed by atoms with E-state index in [9.17, 15) is 5.11 Å². The summed E-state index contributed by atoms with van der Waals surface area (Å²) in [6, 6.07) is 16.7. The molecule has 1 saturated heterocycles. The number of nitrogens with one attached hydrogen (secondary N) is 1. The standard InChI is InChI=1S/C18H22N2O/c19-15-7-5-13(6-8-15)11-16-9-10-17(20-16)12-14-3-1-2-4-18(14)21/h1-8,16-17,20-21H,9-12,19H2/t16?,17-/m1/s1. The van der Waals surface area contributed by atoms with Gasteiger partial charge in [0.2, 0.25) is 0 Å². The molecule has 21 heavy (non-hydrogen) atoms. The molecule has 0 spiro atoms. The number of aromatic hydroxyl groups is 1. The number of benzene rings is 2. The van der Waals surface area contributed by atoms with Crippen molar-refractivity contribution in [2.75, 3.05) is 5.73 Å². The summed E-state index contributed by atoms with van der Waals surface area (Å²) in [5.41, 5.74) is 8.89. The first-order chi connectivity index (χ1) is 10.2. The summed E-state index contributed by atoms with van der Waals surface area (Å²) in [5.74, 6) is 0.404. The topological polar surface area (TPSA) is 58.3 Å². The molecule has 2 atom stereocenters. The van der Waals surface area contributed by atoms with Crippen molar-refractivity contribution in [3.63, 3.8) is 0 Å². The summed E-state index contributed by atoms with van der Waals surface area (Å²) in [6.45, 7) is 0. The highest BCUT2D eigenvalue weighted by Gasteiger charge is 2.24. The van der Waals surface area contributed by atoms with E-state index >= 15 is 0 Å². The molecule has 3 nitrogen and oxygen atoms in total. The van der Waals surface area contributed by atoms with Gasteiger partial charge in [-0.15, -0.1) is 0 Å². The second-order valence-corrected chi connectivity index (χ2v) is 5.92. The lowest BCUT2D eigenvalue weighted by atomic mass is 10.0. The SMILES string of the molecule is Nc1ccc(CC2CC[C@H](Cc3ccccc3O)N2)cc1. The van der Waals surface area contributed by atoms with Crippen molar-refractivity contribution in [2.24, 2.45) is 0 Å². The zero-order chi connectivity index (χ0) is 14.7. The Morgan fingerprint density at radius 2 is 1.62 bits per heavy atom. The summed E-state index contributed by atoms with van der Waals surface area (Å²) < 4.78 is 0. The number of rotatable bonds is 4. The highest BCUT2D eigenvalue weighted by Crippen LogP contribution is 2.23. The monoisotopic (exact) mass is 282 g/mol. The first kappa shape index (κ1) is 14.0. The molecule has 2 aromatic rings. The van der Waals surface area contributed by atoms with Crippen LogP contribution in [0.15, 0.2) is 48.5 Å². The predicted octanol–water partition coefficient (Wildman–Crippen LogP) is 2.88. The van der Waals surface area contributed by atoms with Crippen molar-refractivity contribution in [1.82, 2.24) is 5.32 Å². The third-order valence-corrected chi connectivity index (χ3v) is 4.25. The van der Waals surface area contributed by atoms with Crippen LogP contribution in [0.4, 0.5) is 5.69 Å². The van der Waals surface area contributed by atoms with E-state index in [2.05, 4.69) is 17.4 Å². The molecule has 3 rings (SSSR count). The minimum Gasteiger partial charge on any atom is -0.508 e. The molecule has 0 aromatic heterocycles. The van der Waals surface area contributed by atoms with Crippen molar-refractivity contribution in [1.29, 1.82) is 0 Å². The number of nitrogens with two attached hydrogens (primary N) is 1. The fourth-order valence-corrected chi connectivity index (χ4v) is 3.11. The maximum Gasteiger partial charge on any atom is 0.118 e. The molecule has 4 N–H and O–H groups in total. The van der Waals surface area contributed by atoms with E-state index in [1.165, 1.54) is 12.0 Å². The Morgan fingerprint density at radius 3 is 2.33 bits per heavy atom. The Labute approximate surface area is 125 Å². The third-order valence-electron chi connectivity index (χ3n) is 4.25. The summed E-state index contributed by atoms with van der Waals surface area (Å²) in [7, 11) is 0. The van der Waals surface area contributed by atoms with E-state index in [-0.39, 0.29) is 0 Å². The Kier molecular flexibility index (Phi) is 4.11. The van der Waals surface area contributed by atoms with Crippen LogP contribution in [-0.4, -0.2) is 17.2 Å². The van der Waals surface area contributed by atoms with Crippen LogP contribution >= 0.6 is 0 Å². The first-order valence-electron chi connectivity index (χ1n) is 7.58. The van der Waals surface area contributed by atoms with Crippen molar-refractivity contribution in [2.45, 2.75) is 37.8 Å². The van der Waals surface area contributed by atoms with E-state index in [4.69, 9.17) is 5.73 Å². The normalized spacial score (nSPS) is 21.5. The molecular weight excluding hydrogens is 260 g/mol. The number of hydrogen-bond acceptors (Lipinski definition) is 3. The van der Waals surface area contributed by atoms with Crippen LogP contribution in [0.25, 0.3) is 0 Å². The van der Waals surface area contributed by atoms with Crippen LogP contribution in [0.5, 0.6) is 5.75 Å². The molecule has 2 aromatic carbocycles. The molecular formula is C18H22N2O. The lowest BCUT2D eigenvalue weighted by Crippen LogP contribution is -2.32. The Morgan fingerprint density at radius 1 is 0.952 bits per heavy atom. The van der Waals surface area contributed by atoms with Gasteiger partial charge < -0.3 is 16.2 Å². The molecule has 3 heteroatoms. The Balaban J connectivity index is 1.56. The smallest absolute Gasteiger partial charge is 0.118 e. The van der Waals surface area contributed by atoms with E-state index < -0.39 is 0 Å². The van der Waals surface area contributed by atoms with Crippen LogP contribution in [0.2, 0.25) is 0 Å². The van der Waals surface area contributed by atoms with Gasteiger partial charge in [0.25, 0.3) is 0 Å². The summed E-state index contributed by atoms with van der Waals surface area (Å²) >= 11 is 0. The van der Waals surface area contributed by atoms with Crippen LogP contribution in [-0.2, 0) is 12.8 Å². The van der Waals surface area contributed by atoms with E-state index in [0.717, 1.165) is 30.5 Å². The largest absolute Gasteiger partial charge is 0.508 e. The maximum absolute atomic E-state index is 9.86. The number of para-hydroxylation sites is 1. The number of phenolic OH excluding ortho intramolecular Hbond substituents is 1. The van der Waals surface area contributed by atoms with Gasteiger partial charge in [-0.1, -0.05) is 30.3 Å². The number of hydrogen-bond donors (Lipinski definition) is 3. The molecule has 1 aliphatic heterocycles. The summed E-state index contributed by atoms with van der Waals surface area (Å²) in [4.78, 5) is 0. The van der Waals surface area contributed by atoms with Crippen LogP contribution in [0.1, 0.15) is 24.0 Å². The average Bonchev–Trinajstić information content (AvgIpc) is 2.91. The van der Waals surface area contributed by atoms with Crippen LogP contribution in [0, 0.1) is 0 Å². The fraction of sp³-hybridized carbons (Fsp3) is 0.333. The molecule has 110 valence electrons. The van der Waals surface area contributed by atoms with Gasteiger partial charge in [0.1, 0.15) is 5.75 Å². The first-order valence-corrected chi connectivity index (χ1v) is 7.58. The highest BCUT2D eigenvalue weighted by atomic mass is 16.3. The zero-order valence-corrected chi connectivity index (χ0v) is 12.1. The lowest BCUT2D eigenvalue weighted by Gasteiger charge is -2.15. The average molecular weight is 282 g/mol. The highest BCUT2D eigenvalue weighted by molar-refractivity contribution is 5.39. The van der Waals surface area contributed by atoms with Gasteiger partial charge in [-0.2, -0.15) is 0 Å². The maximum atomic E-state index is 9.86. The zero-order valence-electron chi connectivity index (χ0n) is 12.1. The predicted molar refractivity (Wildman–Crippen MR) is 86.3 cm³/mol. The molecule has 1 aliphatic rings. The van der Waals surface area contributed by atoms with Gasteiger partial charge in [0.05, 0.1) is 0 Å². The summed E-state index contributed by atoms with van der Waals surface area (Å²) in [5, 5.41) is 13.5. The lowest BCUT2D eigenvalue weighted by molar-refractivity contribution is 0.459. The molecule has 0 bridgehead atoms. The number of anilines is 1. The quantitative estimate of drug-likeness (QED) is 0.756. The minimum atomic E-state index is 0.404. The number of phenols is 1. The number of nitrogen functional groups attached to an aromatic ring is 1. The van der Waals surface area contributed by atoms with Crippen LogP contribution in [0.3, 0.4) is 0 Å². The van der Waals surface area contributed by atoms with Gasteiger partial charge >= 0.3 is 0 Å². The fourth-order valence-electron chi connectivity index (χ4n) is 3.11. The van der Waals surface area contributed by atoms with Gasteiger partial charge in [-0.25, -0.2) is 0 Å². The van der Waals surface area contributed by atoms with E-state index in [0.29, 0.717) is 17.8 Å². The molecule has 1 heterocycles. The third kappa shape index (κ3) is 3.56. The van der Waals surface area contributed by atoms with Gasteiger partial charge in [0.15, 0.2) is 0 Å². The Bertz CT molecular complexity index is 594. The molecule has 0 amide bonds. The van der Waals surface area contributed by atoms with E-state index in [1.54, 1.807) is 6.07 Å². The van der Waals surface area contributed by atoms with Crippen LogP contribution < -0.4 is 11.1 Å². The molecule has 1 unspecified atom stereocenters. The van der Waals surface area contributed by atoms with Crippen molar-refractivity contribution >= 4 is 5.69 Å². The summed E-state index contributed by atoms with van der Waals surface area (Å²) in [6.07, 6.45) is 4.28. The molecule has 1 fully saturated rings. The minimum absolute atomic E-state index is 0.404. The van der Waals surface area contributed by atoms with Crippen molar-refractivity contribution < 1.29 is 5.11 Å². The van der Waals surface area contributed by atoms with Gasteiger partial charge in [-0.05, 0) is 55.0 Å². The van der Waals surface area contributed by atoms with E-state index in [1.807, 2.05) is 30.3 Å². The van der Waals surface area contributed by atoms with Crippen molar-refractivity contribution in [3.8, 4) is 5.75 Å². The Hall–Kier alpha value is -2.00. The molecule has 0 saturated carbocycles. The second-order valence-electron chi connectivity index (χ2n) is 5.92. The second kappa shape index (κ2) is 6.19. The molecule has 0 radical (unpaired) electrons. The van der Waals surface area contributed by atoms with Gasteiger partial charge in [0, 0.05) is 17.8 Å². The van der Waals surface area contributed by atoms with Gasteiger partial charge in [-0.3, -0.25) is 0 Å².